The minimum Gasteiger partial charge on any atom is -0.407 e. The first-order valence-electron chi connectivity index (χ1n) is 5.48. The average molecular weight is 239 g/mol. The van der Waals surface area contributed by atoms with E-state index in [2.05, 4.69) is 13.8 Å². The highest BCUT2D eigenvalue weighted by molar-refractivity contribution is 6.65. The molecule has 0 N–H and O–H groups in total. The molecule has 16 heavy (non-hydrogen) atoms. The van der Waals surface area contributed by atoms with Crippen molar-refractivity contribution < 1.29 is 9.31 Å². The summed E-state index contributed by atoms with van der Waals surface area (Å²) in [6.45, 7) is 7.63. The number of aryl methyl sites for hydroxylation is 1. The van der Waals surface area contributed by atoms with Crippen LogP contribution in [0.25, 0.3) is 0 Å². The van der Waals surface area contributed by atoms with Crippen molar-refractivity contribution in [2.45, 2.75) is 20.8 Å². The molecule has 0 atom stereocenters. The van der Waals surface area contributed by atoms with Gasteiger partial charge in [-0.25, -0.2) is 0 Å². The molecule has 0 amide bonds. The average Bonchev–Trinajstić information content (AvgIpc) is 2.23. The van der Waals surface area contributed by atoms with Crippen LogP contribution in [-0.4, -0.2) is 20.3 Å². The van der Waals surface area contributed by atoms with Crippen molar-refractivity contribution in [3.63, 3.8) is 0 Å². The molecule has 0 aliphatic carbocycles. The van der Waals surface area contributed by atoms with Crippen molar-refractivity contribution in [1.29, 1.82) is 0 Å². The molecule has 0 aromatic heterocycles. The zero-order valence-corrected chi connectivity index (χ0v) is 10.7. The Morgan fingerprint density at radius 2 is 1.88 bits per heavy atom. The van der Waals surface area contributed by atoms with E-state index in [9.17, 15) is 0 Å². The van der Waals surface area contributed by atoms with Gasteiger partial charge in [-0.05, 0) is 12.5 Å². The molecule has 1 aromatic carbocycles. The van der Waals surface area contributed by atoms with Crippen LogP contribution in [0.15, 0.2) is 18.2 Å². The predicted octanol–water partition coefficient (Wildman–Crippen LogP) is 2.42. The molecule has 4 heteroatoms. The normalized spacial score (nSPS) is 19.9. The number of hydrogen-bond acceptors (Lipinski definition) is 2. The topological polar surface area (TPSA) is 18.5 Å². The summed E-state index contributed by atoms with van der Waals surface area (Å²) in [6, 6.07) is 5.92. The third-order valence-corrected chi connectivity index (χ3v) is 3.24. The van der Waals surface area contributed by atoms with Crippen molar-refractivity contribution >= 4 is 24.2 Å². The minimum atomic E-state index is -0.319. The molecular formula is C12H16BClO2. The van der Waals surface area contributed by atoms with E-state index in [0.717, 1.165) is 16.0 Å². The Balaban J connectivity index is 2.17. The second kappa shape index (κ2) is 4.40. The van der Waals surface area contributed by atoms with Gasteiger partial charge in [0.05, 0.1) is 0 Å². The van der Waals surface area contributed by atoms with E-state index in [1.165, 1.54) is 0 Å². The SMILES string of the molecule is Cc1cccc(B2OCC(C)(C)CO2)c1Cl. The Labute approximate surface area is 102 Å². The van der Waals surface area contributed by atoms with Crippen LogP contribution in [0.2, 0.25) is 5.02 Å². The van der Waals surface area contributed by atoms with Crippen molar-refractivity contribution in [2.75, 3.05) is 13.2 Å². The summed E-state index contributed by atoms with van der Waals surface area (Å²) in [7, 11) is -0.319. The first-order valence-corrected chi connectivity index (χ1v) is 5.86. The smallest absolute Gasteiger partial charge is 0.407 e. The molecule has 0 bridgehead atoms. The van der Waals surface area contributed by atoms with E-state index < -0.39 is 0 Å². The largest absolute Gasteiger partial charge is 0.495 e. The second-order valence-corrected chi connectivity index (χ2v) is 5.47. The molecule has 1 saturated heterocycles. The fourth-order valence-electron chi connectivity index (χ4n) is 1.72. The van der Waals surface area contributed by atoms with E-state index in [-0.39, 0.29) is 12.5 Å². The van der Waals surface area contributed by atoms with E-state index in [1.807, 2.05) is 25.1 Å². The lowest BCUT2D eigenvalue weighted by molar-refractivity contribution is 0.0343. The summed E-state index contributed by atoms with van der Waals surface area (Å²) in [5, 5.41) is 0.743. The number of benzene rings is 1. The summed E-state index contributed by atoms with van der Waals surface area (Å²) >= 11 is 6.24. The van der Waals surface area contributed by atoms with Crippen molar-refractivity contribution in [3.8, 4) is 0 Å². The van der Waals surface area contributed by atoms with Crippen LogP contribution in [0.3, 0.4) is 0 Å². The third-order valence-electron chi connectivity index (χ3n) is 2.73. The molecule has 1 aliphatic heterocycles. The van der Waals surface area contributed by atoms with Crippen molar-refractivity contribution in [3.05, 3.63) is 28.8 Å². The van der Waals surface area contributed by atoms with Gasteiger partial charge in [-0.1, -0.05) is 43.6 Å². The fraction of sp³-hybridized carbons (Fsp3) is 0.500. The van der Waals surface area contributed by atoms with Gasteiger partial charge in [0.25, 0.3) is 0 Å². The Hall–Kier alpha value is -0.505. The lowest BCUT2D eigenvalue weighted by Crippen LogP contribution is -2.47. The highest BCUT2D eigenvalue weighted by atomic mass is 35.5. The van der Waals surface area contributed by atoms with Crippen LogP contribution in [0.1, 0.15) is 19.4 Å². The van der Waals surface area contributed by atoms with Crippen molar-refractivity contribution in [2.24, 2.45) is 5.41 Å². The predicted molar refractivity (Wildman–Crippen MR) is 67.3 cm³/mol. The van der Waals surface area contributed by atoms with E-state index in [1.54, 1.807) is 0 Å². The highest BCUT2D eigenvalue weighted by Gasteiger charge is 2.34. The maximum Gasteiger partial charge on any atom is 0.495 e. The molecule has 2 nitrogen and oxygen atoms in total. The lowest BCUT2D eigenvalue weighted by atomic mass is 9.75. The zero-order chi connectivity index (χ0) is 11.8. The second-order valence-electron chi connectivity index (χ2n) is 5.10. The van der Waals surface area contributed by atoms with Crippen LogP contribution >= 0.6 is 11.6 Å². The Kier molecular flexibility index (Phi) is 3.29. The van der Waals surface area contributed by atoms with Gasteiger partial charge < -0.3 is 9.31 Å². The van der Waals surface area contributed by atoms with Gasteiger partial charge in [0.2, 0.25) is 0 Å². The fourth-order valence-corrected chi connectivity index (χ4v) is 1.94. The molecule has 1 heterocycles. The molecule has 2 rings (SSSR count). The number of halogens is 1. The van der Waals surface area contributed by atoms with E-state index in [0.29, 0.717) is 13.2 Å². The van der Waals surface area contributed by atoms with Crippen LogP contribution in [0.4, 0.5) is 0 Å². The van der Waals surface area contributed by atoms with Gasteiger partial charge in [-0.3, -0.25) is 0 Å². The van der Waals surface area contributed by atoms with Gasteiger partial charge in [-0.2, -0.15) is 0 Å². The first kappa shape index (κ1) is 12.0. The Morgan fingerprint density at radius 1 is 1.25 bits per heavy atom. The van der Waals surface area contributed by atoms with Gasteiger partial charge in [-0.15, -0.1) is 0 Å². The van der Waals surface area contributed by atoms with Gasteiger partial charge >= 0.3 is 7.12 Å². The first-order chi connectivity index (χ1) is 7.49. The molecule has 86 valence electrons. The van der Waals surface area contributed by atoms with Crippen LogP contribution < -0.4 is 5.46 Å². The highest BCUT2D eigenvalue weighted by Crippen LogP contribution is 2.23. The molecule has 1 aliphatic rings. The Morgan fingerprint density at radius 3 is 2.50 bits per heavy atom. The van der Waals surface area contributed by atoms with Gasteiger partial charge in [0.15, 0.2) is 0 Å². The molecule has 0 unspecified atom stereocenters. The monoisotopic (exact) mass is 238 g/mol. The van der Waals surface area contributed by atoms with Crippen LogP contribution in [0.5, 0.6) is 0 Å². The Bertz CT molecular complexity index is 383. The molecular weight excluding hydrogens is 222 g/mol. The summed E-state index contributed by atoms with van der Waals surface area (Å²) in [6.07, 6.45) is 0. The molecule has 0 spiro atoms. The third kappa shape index (κ3) is 2.42. The quantitative estimate of drug-likeness (QED) is 0.700. The number of hydrogen-bond donors (Lipinski definition) is 0. The molecule has 1 aromatic rings. The van der Waals surface area contributed by atoms with E-state index in [4.69, 9.17) is 20.9 Å². The van der Waals surface area contributed by atoms with Gasteiger partial charge in [0.1, 0.15) is 0 Å². The molecule has 1 fully saturated rings. The minimum absolute atomic E-state index is 0.0901. The molecule has 0 saturated carbocycles. The zero-order valence-electron chi connectivity index (χ0n) is 9.92. The van der Waals surface area contributed by atoms with Crippen LogP contribution in [-0.2, 0) is 9.31 Å². The summed E-state index contributed by atoms with van der Waals surface area (Å²) < 4.78 is 11.4. The standard InChI is InChI=1S/C12H16BClO2/c1-9-5-4-6-10(11(9)14)13-15-7-12(2,3)8-16-13/h4-6H,7-8H2,1-3H3. The maximum absolute atomic E-state index is 6.24. The number of rotatable bonds is 1. The van der Waals surface area contributed by atoms with Crippen LogP contribution in [0, 0.1) is 12.3 Å². The maximum atomic E-state index is 6.24. The summed E-state index contributed by atoms with van der Waals surface area (Å²) in [4.78, 5) is 0. The summed E-state index contributed by atoms with van der Waals surface area (Å²) in [5.74, 6) is 0. The molecule has 0 radical (unpaired) electrons. The van der Waals surface area contributed by atoms with Gasteiger partial charge in [0, 0.05) is 29.1 Å². The van der Waals surface area contributed by atoms with E-state index >= 15 is 0 Å². The van der Waals surface area contributed by atoms with Crippen molar-refractivity contribution in [1.82, 2.24) is 0 Å². The summed E-state index contributed by atoms with van der Waals surface area (Å²) in [5.41, 5.74) is 2.07. The lowest BCUT2D eigenvalue weighted by Gasteiger charge is -2.33.